The van der Waals surface area contributed by atoms with Crippen molar-refractivity contribution in [1.82, 2.24) is 15.1 Å². The summed E-state index contributed by atoms with van der Waals surface area (Å²) in [5.41, 5.74) is 2.98. The molecule has 0 bridgehead atoms. The van der Waals surface area contributed by atoms with Crippen LogP contribution in [-0.2, 0) is 10.2 Å². The van der Waals surface area contributed by atoms with E-state index >= 15 is 0 Å². The number of rotatable bonds is 6. The fraction of sp³-hybridized carbons (Fsp3) is 0.474. The molecule has 0 saturated carbocycles. The maximum atomic E-state index is 12.2. The number of halogens is 1. The Morgan fingerprint density at radius 3 is 2.56 bits per heavy atom. The molecule has 0 atom stereocenters. The van der Waals surface area contributed by atoms with Crippen LogP contribution >= 0.6 is 12.4 Å². The Hall–Kier alpha value is -1.85. The maximum Gasteiger partial charge on any atom is 0.225 e. The van der Waals surface area contributed by atoms with E-state index in [1.54, 1.807) is 0 Å². The molecule has 2 rings (SSSR count). The Bertz CT molecular complexity index is 704. The van der Waals surface area contributed by atoms with E-state index in [4.69, 9.17) is 5.10 Å². The minimum atomic E-state index is -0.0827. The zero-order valence-corrected chi connectivity index (χ0v) is 16.5. The van der Waals surface area contributed by atoms with E-state index in [0.717, 1.165) is 35.7 Å². The molecular weight excluding hydrogens is 336 g/mol. The second-order valence-corrected chi connectivity index (χ2v) is 7.17. The first-order valence-corrected chi connectivity index (χ1v) is 8.43. The molecule has 6 heteroatoms. The number of carbonyl (C=O) groups excluding carboxylic acids is 1. The van der Waals surface area contributed by atoms with E-state index in [2.05, 4.69) is 37.5 Å². The van der Waals surface area contributed by atoms with Crippen molar-refractivity contribution in [2.45, 2.75) is 46.0 Å². The molecule has 1 amide bonds. The van der Waals surface area contributed by atoms with Crippen LogP contribution < -0.4 is 10.6 Å². The van der Waals surface area contributed by atoms with E-state index in [0.29, 0.717) is 6.42 Å². The summed E-state index contributed by atoms with van der Waals surface area (Å²) in [6.45, 7) is 9.24. The molecule has 1 aromatic heterocycles. The molecule has 25 heavy (non-hydrogen) atoms. The Kier molecular flexibility index (Phi) is 7.64. The smallest absolute Gasteiger partial charge is 0.225 e. The van der Waals surface area contributed by atoms with Gasteiger partial charge in [0.1, 0.15) is 5.82 Å². The molecule has 0 radical (unpaired) electrons. The molecule has 138 valence electrons. The molecule has 0 aliphatic rings. The maximum absolute atomic E-state index is 12.2. The van der Waals surface area contributed by atoms with Gasteiger partial charge in [-0.05, 0) is 44.6 Å². The van der Waals surface area contributed by atoms with Gasteiger partial charge in [-0.25, -0.2) is 4.68 Å². The summed E-state index contributed by atoms with van der Waals surface area (Å²) in [5.74, 6) is 0.736. The van der Waals surface area contributed by atoms with Crippen LogP contribution in [0.15, 0.2) is 30.3 Å². The van der Waals surface area contributed by atoms with Gasteiger partial charge in [-0.3, -0.25) is 4.79 Å². The zero-order chi connectivity index (χ0) is 17.7. The predicted molar refractivity (Wildman–Crippen MR) is 106 cm³/mol. The average Bonchev–Trinajstić information content (AvgIpc) is 2.91. The second kappa shape index (κ2) is 9.02. The molecule has 1 heterocycles. The third-order valence-electron chi connectivity index (χ3n) is 3.82. The van der Waals surface area contributed by atoms with Gasteiger partial charge in [0.05, 0.1) is 11.4 Å². The van der Waals surface area contributed by atoms with Crippen LogP contribution in [0.5, 0.6) is 0 Å². The van der Waals surface area contributed by atoms with Gasteiger partial charge in [0.25, 0.3) is 0 Å². The number of aromatic nitrogens is 2. The molecule has 2 aromatic rings. The minimum absolute atomic E-state index is 0. The summed E-state index contributed by atoms with van der Waals surface area (Å²) in [5, 5.41) is 10.8. The topological polar surface area (TPSA) is 59.0 Å². The van der Waals surface area contributed by atoms with Crippen LogP contribution in [0.2, 0.25) is 0 Å². The lowest BCUT2D eigenvalue weighted by molar-refractivity contribution is -0.116. The molecule has 0 spiro atoms. The van der Waals surface area contributed by atoms with Crippen LogP contribution in [0.3, 0.4) is 0 Å². The van der Waals surface area contributed by atoms with Crippen LogP contribution in [0, 0.1) is 6.92 Å². The number of benzene rings is 1. The highest BCUT2D eigenvalue weighted by atomic mass is 35.5. The van der Waals surface area contributed by atoms with Gasteiger partial charge in [-0.2, -0.15) is 5.10 Å². The lowest BCUT2D eigenvalue weighted by atomic mass is 9.92. The number of amides is 1. The summed E-state index contributed by atoms with van der Waals surface area (Å²) < 4.78 is 1.82. The number of hydrogen-bond acceptors (Lipinski definition) is 3. The van der Waals surface area contributed by atoms with Crippen molar-refractivity contribution in [3.63, 3.8) is 0 Å². The molecule has 1 aromatic carbocycles. The van der Waals surface area contributed by atoms with Crippen molar-refractivity contribution in [3.05, 3.63) is 41.6 Å². The number of carbonyl (C=O) groups is 1. The largest absolute Gasteiger partial charge is 0.320 e. The van der Waals surface area contributed by atoms with Gasteiger partial charge in [0.2, 0.25) is 5.91 Å². The molecule has 0 unspecified atom stereocenters. The highest BCUT2D eigenvalue weighted by Gasteiger charge is 2.21. The Labute approximate surface area is 156 Å². The third kappa shape index (κ3) is 5.87. The first-order valence-electron chi connectivity index (χ1n) is 8.43. The number of anilines is 1. The van der Waals surface area contributed by atoms with Crippen molar-refractivity contribution >= 4 is 24.1 Å². The molecule has 0 aliphatic heterocycles. The normalized spacial score (nSPS) is 11.1. The molecule has 0 saturated heterocycles. The quantitative estimate of drug-likeness (QED) is 0.765. The minimum Gasteiger partial charge on any atom is -0.320 e. The van der Waals surface area contributed by atoms with Gasteiger partial charge < -0.3 is 10.6 Å². The van der Waals surface area contributed by atoms with Crippen molar-refractivity contribution in [1.29, 1.82) is 0 Å². The molecule has 0 fully saturated rings. The van der Waals surface area contributed by atoms with Crippen molar-refractivity contribution < 1.29 is 4.79 Å². The van der Waals surface area contributed by atoms with Crippen LogP contribution in [-0.4, -0.2) is 29.3 Å². The van der Waals surface area contributed by atoms with E-state index in [9.17, 15) is 4.79 Å². The first kappa shape index (κ1) is 21.2. The number of hydrogen-bond donors (Lipinski definition) is 2. The van der Waals surface area contributed by atoms with Gasteiger partial charge in [-0.1, -0.05) is 32.9 Å². The fourth-order valence-corrected chi connectivity index (χ4v) is 2.42. The summed E-state index contributed by atoms with van der Waals surface area (Å²) in [7, 11) is 1.89. The summed E-state index contributed by atoms with van der Waals surface area (Å²) in [6.07, 6.45) is 1.30. The first-order chi connectivity index (χ1) is 11.3. The molecular formula is C19H29ClN4O. The Balaban J connectivity index is 0.00000312. The van der Waals surface area contributed by atoms with Gasteiger partial charge >= 0.3 is 0 Å². The third-order valence-corrected chi connectivity index (χ3v) is 3.82. The van der Waals surface area contributed by atoms with Crippen molar-refractivity contribution in [2.75, 3.05) is 18.9 Å². The van der Waals surface area contributed by atoms with Crippen molar-refractivity contribution in [2.24, 2.45) is 0 Å². The number of nitrogens with zero attached hydrogens (tertiary/aromatic N) is 2. The number of nitrogens with one attached hydrogen (secondary N) is 2. The molecule has 0 aliphatic carbocycles. The lowest BCUT2D eigenvalue weighted by Crippen LogP contribution is -2.17. The summed E-state index contributed by atoms with van der Waals surface area (Å²) in [4.78, 5) is 12.2. The standard InChI is InChI=1S/C19H28N4O.ClH/c1-14-8-6-9-15(12-14)23-17(13-16(22-23)19(2,3)4)21-18(24)10-7-11-20-5;/h6,8-9,12-13,20H,7,10-11H2,1-5H3,(H,21,24);1H. The van der Waals surface area contributed by atoms with Crippen LogP contribution in [0.4, 0.5) is 5.82 Å². The van der Waals surface area contributed by atoms with Gasteiger partial charge in [0.15, 0.2) is 0 Å². The highest BCUT2D eigenvalue weighted by molar-refractivity contribution is 5.90. The van der Waals surface area contributed by atoms with E-state index < -0.39 is 0 Å². The zero-order valence-electron chi connectivity index (χ0n) is 15.7. The summed E-state index contributed by atoms with van der Waals surface area (Å²) >= 11 is 0. The van der Waals surface area contributed by atoms with E-state index in [-0.39, 0.29) is 23.7 Å². The average molecular weight is 365 g/mol. The molecule has 2 N–H and O–H groups in total. The van der Waals surface area contributed by atoms with Crippen LogP contribution in [0.25, 0.3) is 5.69 Å². The van der Waals surface area contributed by atoms with Gasteiger partial charge in [0, 0.05) is 17.9 Å². The highest BCUT2D eigenvalue weighted by Crippen LogP contribution is 2.26. The van der Waals surface area contributed by atoms with Gasteiger partial charge in [-0.15, -0.1) is 12.4 Å². The van der Waals surface area contributed by atoms with Crippen LogP contribution in [0.1, 0.15) is 44.9 Å². The monoisotopic (exact) mass is 364 g/mol. The number of aryl methyl sites for hydroxylation is 1. The fourth-order valence-electron chi connectivity index (χ4n) is 2.42. The second-order valence-electron chi connectivity index (χ2n) is 7.17. The predicted octanol–water partition coefficient (Wildman–Crippen LogP) is 3.84. The Morgan fingerprint density at radius 1 is 1.24 bits per heavy atom. The lowest BCUT2D eigenvalue weighted by Gasteiger charge is -2.14. The summed E-state index contributed by atoms with van der Waals surface area (Å²) in [6, 6.07) is 10.1. The SMILES string of the molecule is CNCCCC(=O)Nc1cc(C(C)(C)C)nn1-c1cccc(C)c1.Cl. The molecule has 5 nitrogen and oxygen atoms in total. The van der Waals surface area contributed by atoms with E-state index in [1.807, 2.05) is 42.9 Å². The van der Waals surface area contributed by atoms with E-state index in [1.165, 1.54) is 0 Å². The Morgan fingerprint density at radius 2 is 1.96 bits per heavy atom. The van der Waals surface area contributed by atoms with Crippen molar-refractivity contribution in [3.8, 4) is 5.69 Å².